The molecule has 0 amide bonds. The maximum atomic E-state index is 11.5. The molecule has 5 heteroatoms. The summed E-state index contributed by atoms with van der Waals surface area (Å²) >= 11 is 0. The molecular formula is C18H13NO4. The minimum absolute atomic E-state index is 0.170. The van der Waals surface area contributed by atoms with Crippen molar-refractivity contribution in [2.45, 2.75) is 20.0 Å². The van der Waals surface area contributed by atoms with Crippen LogP contribution in [0.1, 0.15) is 36.6 Å². The third-order valence-electron chi connectivity index (χ3n) is 3.65. The van der Waals surface area contributed by atoms with Gasteiger partial charge in [-0.2, -0.15) is 5.26 Å². The monoisotopic (exact) mass is 307 g/mol. The average Bonchev–Trinajstić information content (AvgIpc) is 2.81. The van der Waals surface area contributed by atoms with Gasteiger partial charge >= 0.3 is 11.9 Å². The molecule has 5 nitrogen and oxygen atoms in total. The molecule has 0 heterocycles. The molecule has 1 aliphatic rings. The van der Waals surface area contributed by atoms with Crippen LogP contribution in [0.4, 0.5) is 0 Å². The number of hydrogen-bond donors (Lipinski definition) is 0. The standard InChI is InChI=1S/C18H13NO4/c1-10(20)22-16-8-7-13-12-5-3-4-6-14(12)18(23-11(2)21)17(13)15(16)9-19/h3-8,18H,1-2H3. The minimum Gasteiger partial charge on any atom is -0.453 e. The lowest BCUT2D eigenvalue weighted by atomic mass is 10.00. The summed E-state index contributed by atoms with van der Waals surface area (Å²) in [5.74, 6) is -0.788. The Balaban J connectivity index is 2.25. The molecule has 1 aliphatic carbocycles. The van der Waals surface area contributed by atoms with Gasteiger partial charge in [0.15, 0.2) is 6.10 Å². The number of ether oxygens (including phenoxy) is 2. The maximum Gasteiger partial charge on any atom is 0.308 e. The summed E-state index contributed by atoms with van der Waals surface area (Å²) < 4.78 is 10.5. The first-order chi connectivity index (χ1) is 11.0. The molecule has 0 aliphatic heterocycles. The molecule has 0 spiro atoms. The van der Waals surface area contributed by atoms with Crippen molar-refractivity contribution in [1.82, 2.24) is 0 Å². The second-order valence-corrected chi connectivity index (χ2v) is 5.18. The summed E-state index contributed by atoms with van der Waals surface area (Å²) in [5, 5.41) is 9.54. The van der Waals surface area contributed by atoms with Crippen LogP contribution in [0.25, 0.3) is 11.1 Å². The third kappa shape index (κ3) is 2.44. The Morgan fingerprint density at radius 3 is 2.43 bits per heavy atom. The first-order valence-electron chi connectivity index (χ1n) is 7.05. The minimum atomic E-state index is -0.677. The Morgan fingerprint density at radius 1 is 1.04 bits per heavy atom. The Bertz CT molecular complexity index is 864. The van der Waals surface area contributed by atoms with E-state index in [9.17, 15) is 14.9 Å². The topological polar surface area (TPSA) is 76.4 Å². The molecule has 0 bridgehead atoms. The van der Waals surface area contributed by atoms with Crippen LogP contribution in [0.3, 0.4) is 0 Å². The molecule has 2 aromatic rings. The normalized spacial score (nSPS) is 14.4. The fourth-order valence-corrected chi connectivity index (χ4v) is 2.88. The van der Waals surface area contributed by atoms with E-state index in [1.165, 1.54) is 13.8 Å². The van der Waals surface area contributed by atoms with Crippen molar-refractivity contribution in [2.75, 3.05) is 0 Å². The zero-order chi connectivity index (χ0) is 16.6. The number of esters is 2. The van der Waals surface area contributed by atoms with Gasteiger partial charge in [-0.05, 0) is 17.2 Å². The molecule has 0 aromatic heterocycles. The summed E-state index contributed by atoms with van der Waals surface area (Å²) in [6, 6.07) is 12.9. The molecule has 0 saturated carbocycles. The van der Waals surface area contributed by atoms with E-state index in [2.05, 4.69) is 6.07 Å². The quantitative estimate of drug-likeness (QED) is 0.629. The van der Waals surface area contributed by atoms with E-state index >= 15 is 0 Å². The number of benzene rings is 2. The van der Waals surface area contributed by atoms with Gasteiger partial charge in [0.05, 0.1) is 0 Å². The van der Waals surface area contributed by atoms with E-state index in [0.29, 0.717) is 5.56 Å². The van der Waals surface area contributed by atoms with Crippen LogP contribution < -0.4 is 4.74 Å². The Labute approximate surface area is 133 Å². The van der Waals surface area contributed by atoms with Crippen LogP contribution in [-0.4, -0.2) is 11.9 Å². The Morgan fingerprint density at radius 2 is 1.78 bits per heavy atom. The van der Waals surface area contributed by atoms with Crippen molar-refractivity contribution in [3.63, 3.8) is 0 Å². The van der Waals surface area contributed by atoms with Gasteiger partial charge in [-0.15, -0.1) is 0 Å². The number of carbonyl (C=O) groups is 2. The van der Waals surface area contributed by atoms with Gasteiger partial charge in [-0.3, -0.25) is 9.59 Å². The van der Waals surface area contributed by atoms with Crippen molar-refractivity contribution in [2.24, 2.45) is 0 Å². The Hall–Kier alpha value is -3.13. The number of fused-ring (bicyclic) bond motifs is 3. The molecule has 1 unspecified atom stereocenters. The Kier molecular flexibility index (Phi) is 3.59. The molecular weight excluding hydrogens is 294 g/mol. The molecule has 0 fully saturated rings. The maximum absolute atomic E-state index is 11.5. The van der Waals surface area contributed by atoms with Crippen molar-refractivity contribution in [3.05, 3.63) is 53.1 Å². The summed E-state index contributed by atoms with van der Waals surface area (Å²) in [7, 11) is 0. The number of nitriles is 1. The van der Waals surface area contributed by atoms with Gasteiger partial charge < -0.3 is 9.47 Å². The number of hydrogen-bond acceptors (Lipinski definition) is 5. The number of rotatable bonds is 2. The lowest BCUT2D eigenvalue weighted by molar-refractivity contribution is -0.144. The molecule has 0 N–H and O–H groups in total. The van der Waals surface area contributed by atoms with Crippen LogP contribution >= 0.6 is 0 Å². The lowest BCUT2D eigenvalue weighted by Crippen LogP contribution is -2.10. The van der Waals surface area contributed by atoms with Gasteiger partial charge in [-0.25, -0.2) is 0 Å². The first-order valence-corrected chi connectivity index (χ1v) is 7.05. The molecule has 0 radical (unpaired) electrons. The summed E-state index contributed by atoms with van der Waals surface area (Å²) in [5.41, 5.74) is 3.29. The van der Waals surface area contributed by atoms with Gasteiger partial charge in [0, 0.05) is 25.0 Å². The van der Waals surface area contributed by atoms with Crippen molar-refractivity contribution < 1.29 is 19.1 Å². The molecule has 0 saturated heterocycles. The molecule has 114 valence electrons. The van der Waals surface area contributed by atoms with Crippen molar-refractivity contribution in [3.8, 4) is 22.9 Å². The fraction of sp³-hybridized carbons (Fsp3) is 0.167. The summed E-state index contributed by atoms with van der Waals surface area (Å²) in [4.78, 5) is 22.7. The highest BCUT2D eigenvalue weighted by molar-refractivity contribution is 5.84. The zero-order valence-corrected chi connectivity index (χ0v) is 12.6. The first kappa shape index (κ1) is 14.8. The van der Waals surface area contributed by atoms with E-state index in [1.807, 2.05) is 24.3 Å². The number of nitrogens with zero attached hydrogens (tertiary/aromatic N) is 1. The highest BCUT2D eigenvalue weighted by Gasteiger charge is 2.34. The predicted octanol–water partition coefficient (Wildman–Crippen LogP) is 3.12. The van der Waals surface area contributed by atoms with E-state index in [0.717, 1.165) is 16.7 Å². The summed E-state index contributed by atoms with van der Waals surface area (Å²) in [6.07, 6.45) is -0.677. The predicted molar refractivity (Wildman–Crippen MR) is 81.5 cm³/mol. The van der Waals surface area contributed by atoms with Crippen LogP contribution in [0, 0.1) is 11.3 Å². The lowest BCUT2D eigenvalue weighted by Gasteiger charge is -2.16. The van der Waals surface area contributed by atoms with Gasteiger partial charge in [0.25, 0.3) is 0 Å². The second kappa shape index (κ2) is 5.58. The summed E-state index contributed by atoms with van der Waals surface area (Å²) in [6.45, 7) is 2.59. The second-order valence-electron chi connectivity index (χ2n) is 5.18. The van der Waals surface area contributed by atoms with Crippen LogP contribution in [0.2, 0.25) is 0 Å². The third-order valence-corrected chi connectivity index (χ3v) is 3.65. The van der Waals surface area contributed by atoms with Crippen molar-refractivity contribution >= 4 is 11.9 Å². The van der Waals surface area contributed by atoms with Crippen LogP contribution in [0.5, 0.6) is 5.75 Å². The van der Waals surface area contributed by atoms with Crippen molar-refractivity contribution in [1.29, 1.82) is 5.26 Å². The van der Waals surface area contributed by atoms with E-state index in [1.54, 1.807) is 12.1 Å². The highest BCUT2D eigenvalue weighted by Crippen LogP contribution is 2.48. The SMILES string of the molecule is CC(=O)Oc1ccc2c(c1C#N)C(OC(C)=O)c1ccccc1-2. The molecule has 1 atom stereocenters. The van der Waals surface area contributed by atoms with Crippen LogP contribution in [-0.2, 0) is 14.3 Å². The van der Waals surface area contributed by atoms with E-state index in [4.69, 9.17) is 9.47 Å². The van der Waals surface area contributed by atoms with E-state index < -0.39 is 18.0 Å². The molecule has 23 heavy (non-hydrogen) atoms. The highest BCUT2D eigenvalue weighted by atomic mass is 16.5. The zero-order valence-electron chi connectivity index (χ0n) is 12.6. The largest absolute Gasteiger partial charge is 0.453 e. The average molecular weight is 307 g/mol. The smallest absolute Gasteiger partial charge is 0.308 e. The van der Waals surface area contributed by atoms with E-state index in [-0.39, 0.29) is 11.3 Å². The van der Waals surface area contributed by atoms with Gasteiger partial charge in [0.1, 0.15) is 17.4 Å². The fourth-order valence-electron chi connectivity index (χ4n) is 2.88. The van der Waals surface area contributed by atoms with Crippen LogP contribution in [0.15, 0.2) is 36.4 Å². The van der Waals surface area contributed by atoms with Gasteiger partial charge in [0.2, 0.25) is 0 Å². The molecule has 3 rings (SSSR count). The molecule has 2 aromatic carbocycles. The number of carbonyl (C=O) groups excluding carboxylic acids is 2. The van der Waals surface area contributed by atoms with Gasteiger partial charge in [-0.1, -0.05) is 30.3 Å².